The van der Waals surface area contributed by atoms with Crippen molar-refractivity contribution in [2.24, 2.45) is 0 Å². The fraction of sp³-hybridized carbons (Fsp3) is 0.462. The number of halogens is 3. The highest BCUT2D eigenvalue weighted by Gasteiger charge is 2.12. The Kier molecular flexibility index (Phi) is 6.67. The summed E-state index contributed by atoms with van der Waals surface area (Å²) in [6.45, 7) is -2.01. The van der Waals surface area contributed by atoms with Gasteiger partial charge in [0.05, 0.1) is 0 Å². The van der Waals surface area contributed by atoms with Gasteiger partial charge in [0.25, 0.3) is 0 Å². The Morgan fingerprint density at radius 3 is 2.80 bits per heavy atom. The largest absolute Gasteiger partial charge is 0.481 e. The number of carboxylic acids is 1. The Hall–Kier alpha value is -1.40. The standard InChI is InChI=1S/C13H16ClF2NO3/c1-17(6-2-3-12(18)19)8-9-7-10(14)4-5-11(9)20-13(15)16/h4-5,7,13H,2-3,6,8H2,1H3,(H,18,19). The van der Waals surface area contributed by atoms with Crippen LogP contribution in [0.1, 0.15) is 18.4 Å². The molecule has 1 aromatic rings. The highest BCUT2D eigenvalue weighted by molar-refractivity contribution is 6.30. The van der Waals surface area contributed by atoms with Crippen molar-refractivity contribution in [3.05, 3.63) is 28.8 Å². The molecule has 0 unspecified atom stereocenters. The summed E-state index contributed by atoms with van der Waals surface area (Å²) in [6.07, 6.45) is 0.553. The molecule has 0 aliphatic carbocycles. The molecular formula is C13H16ClF2NO3. The van der Waals surface area contributed by atoms with Crippen LogP contribution in [-0.4, -0.2) is 36.2 Å². The molecular weight excluding hydrogens is 292 g/mol. The van der Waals surface area contributed by atoms with Crippen molar-refractivity contribution in [2.45, 2.75) is 26.0 Å². The lowest BCUT2D eigenvalue weighted by atomic mass is 10.2. The first-order chi connectivity index (χ1) is 9.38. The number of aliphatic carboxylic acids is 1. The van der Waals surface area contributed by atoms with E-state index >= 15 is 0 Å². The summed E-state index contributed by atoms with van der Waals surface area (Å²) in [7, 11) is 1.77. The summed E-state index contributed by atoms with van der Waals surface area (Å²) >= 11 is 5.84. The van der Waals surface area contributed by atoms with E-state index in [0.29, 0.717) is 30.1 Å². The van der Waals surface area contributed by atoms with Gasteiger partial charge in [0.15, 0.2) is 0 Å². The molecule has 0 aliphatic rings. The quantitative estimate of drug-likeness (QED) is 0.801. The minimum Gasteiger partial charge on any atom is -0.481 e. The number of benzene rings is 1. The molecule has 0 heterocycles. The van der Waals surface area contributed by atoms with E-state index in [1.165, 1.54) is 12.1 Å². The highest BCUT2D eigenvalue weighted by Crippen LogP contribution is 2.25. The first-order valence-electron chi connectivity index (χ1n) is 6.02. The smallest absolute Gasteiger partial charge is 0.387 e. The Bertz CT molecular complexity index is 457. The zero-order chi connectivity index (χ0) is 15.1. The average Bonchev–Trinajstić information content (AvgIpc) is 2.31. The second-order valence-corrected chi connectivity index (χ2v) is 4.80. The third-order valence-electron chi connectivity index (χ3n) is 2.61. The van der Waals surface area contributed by atoms with Gasteiger partial charge in [0.2, 0.25) is 0 Å². The van der Waals surface area contributed by atoms with E-state index in [1.54, 1.807) is 13.1 Å². The van der Waals surface area contributed by atoms with E-state index in [-0.39, 0.29) is 12.2 Å². The van der Waals surface area contributed by atoms with Crippen molar-refractivity contribution in [1.82, 2.24) is 4.90 Å². The second kappa shape index (κ2) is 8.01. The monoisotopic (exact) mass is 307 g/mol. The summed E-state index contributed by atoms with van der Waals surface area (Å²) in [5, 5.41) is 8.99. The number of alkyl halides is 2. The summed E-state index contributed by atoms with van der Waals surface area (Å²) in [4.78, 5) is 12.2. The van der Waals surface area contributed by atoms with E-state index in [1.807, 2.05) is 4.90 Å². The number of carboxylic acid groups (broad SMARTS) is 1. The van der Waals surface area contributed by atoms with Gasteiger partial charge in [-0.2, -0.15) is 8.78 Å². The molecule has 4 nitrogen and oxygen atoms in total. The molecule has 20 heavy (non-hydrogen) atoms. The van der Waals surface area contributed by atoms with Crippen molar-refractivity contribution >= 4 is 17.6 Å². The molecule has 112 valence electrons. The number of nitrogens with zero attached hydrogens (tertiary/aromatic N) is 1. The zero-order valence-electron chi connectivity index (χ0n) is 11.0. The van der Waals surface area contributed by atoms with E-state index in [4.69, 9.17) is 16.7 Å². The van der Waals surface area contributed by atoms with Gasteiger partial charge in [-0.25, -0.2) is 0 Å². The number of hydrogen-bond donors (Lipinski definition) is 1. The Balaban J connectivity index is 2.64. The summed E-state index contributed by atoms with van der Waals surface area (Å²) in [5.74, 6) is -0.780. The van der Waals surface area contributed by atoms with Crippen molar-refractivity contribution in [1.29, 1.82) is 0 Å². The van der Waals surface area contributed by atoms with Gasteiger partial charge in [-0.1, -0.05) is 11.6 Å². The van der Waals surface area contributed by atoms with Crippen LogP contribution in [0.15, 0.2) is 18.2 Å². The molecule has 1 aromatic carbocycles. The molecule has 0 fully saturated rings. The molecule has 0 aromatic heterocycles. The van der Waals surface area contributed by atoms with E-state index < -0.39 is 12.6 Å². The van der Waals surface area contributed by atoms with Gasteiger partial charge in [-0.05, 0) is 38.2 Å². The molecule has 0 atom stereocenters. The zero-order valence-corrected chi connectivity index (χ0v) is 11.7. The summed E-state index contributed by atoms with van der Waals surface area (Å²) < 4.78 is 29.0. The van der Waals surface area contributed by atoms with Crippen LogP contribution in [-0.2, 0) is 11.3 Å². The van der Waals surface area contributed by atoms with Gasteiger partial charge in [-0.15, -0.1) is 0 Å². The predicted octanol–water partition coefficient (Wildman–Crippen LogP) is 3.24. The van der Waals surface area contributed by atoms with Crippen molar-refractivity contribution in [2.75, 3.05) is 13.6 Å². The lowest BCUT2D eigenvalue weighted by molar-refractivity contribution is -0.137. The van der Waals surface area contributed by atoms with Crippen LogP contribution in [0.3, 0.4) is 0 Å². The molecule has 0 radical (unpaired) electrons. The van der Waals surface area contributed by atoms with Crippen LogP contribution in [0.2, 0.25) is 5.02 Å². The van der Waals surface area contributed by atoms with Gasteiger partial charge >= 0.3 is 12.6 Å². The topological polar surface area (TPSA) is 49.8 Å². The fourth-order valence-corrected chi connectivity index (χ4v) is 1.95. The molecule has 0 saturated heterocycles. The van der Waals surface area contributed by atoms with Crippen LogP contribution in [0.4, 0.5) is 8.78 Å². The molecule has 0 aliphatic heterocycles. The van der Waals surface area contributed by atoms with Crippen molar-refractivity contribution in [3.63, 3.8) is 0 Å². The van der Waals surface area contributed by atoms with Crippen LogP contribution in [0.5, 0.6) is 5.75 Å². The summed E-state index contributed by atoms with van der Waals surface area (Å²) in [5.41, 5.74) is 0.538. The molecule has 1 rings (SSSR count). The van der Waals surface area contributed by atoms with Gasteiger partial charge in [0, 0.05) is 23.6 Å². The third-order valence-corrected chi connectivity index (χ3v) is 2.84. The number of rotatable bonds is 8. The Morgan fingerprint density at radius 2 is 2.20 bits per heavy atom. The average molecular weight is 308 g/mol. The number of hydrogen-bond acceptors (Lipinski definition) is 3. The highest BCUT2D eigenvalue weighted by atomic mass is 35.5. The van der Waals surface area contributed by atoms with Crippen molar-refractivity contribution < 1.29 is 23.4 Å². The maximum Gasteiger partial charge on any atom is 0.387 e. The minimum absolute atomic E-state index is 0.0697. The number of ether oxygens (including phenoxy) is 1. The second-order valence-electron chi connectivity index (χ2n) is 4.37. The lowest BCUT2D eigenvalue weighted by Gasteiger charge is -2.18. The van der Waals surface area contributed by atoms with E-state index in [2.05, 4.69) is 4.74 Å². The van der Waals surface area contributed by atoms with Gasteiger partial charge in [0.1, 0.15) is 5.75 Å². The number of carbonyl (C=O) groups is 1. The molecule has 0 amide bonds. The van der Waals surface area contributed by atoms with Crippen molar-refractivity contribution in [3.8, 4) is 5.75 Å². The molecule has 7 heteroatoms. The molecule has 0 saturated carbocycles. The molecule has 0 spiro atoms. The van der Waals surface area contributed by atoms with E-state index in [0.717, 1.165) is 0 Å². The predicted molar refractivity (Wildman–Crippen MR) is 71.3 cm³/mol. The molecule has 0 bridgehead atoms. The van der Waals surface area contributed by atoms with Gasteiger partial charge in [-0.3, -0.25) is 4.79 Å². The first kappa shape index (κ1) is 16.7. The fourth-order valence-electron chi connectivity index (χ4n) is 1.75. The third kappa shape index (κ3) is 6.16. The SMILES string of the molecule is CN(CCCC(=O)O)Cc1cc(Cl)ccc1OC(F)F. The molecule has 1 N–H and O–H groups in total. The van der Waals surface area contributed by atoms with Crippen LogP contribution in [0, 0.1) is 0 Å². The minimum atomic E-state index is -2.90. The van der Waals surface area contributed by atoms with Crippen LogP contribution < -0.4 is 4.74 Å². The van der Waals surface area contributed by atoms with Crippen LogP contribution >= 0.6 is 11.6 Å². The normalized spacial score (nSPS) is 11.1. The van der Waals surface area contributed by atoms with E-state index in [9.17, 15) is 13.6 Å². The maximum atomic E-state index is 12.3. The maximum absolute atomic E-state index is 12.3. The van der Waals surface area contributed by atoms with Crippen LogP contribution in [0.25, 0.3) is 0 Å². The Labute approximate surface area is 120 Å². The summed E-state index contributed by atoms with van der Waals surface area (Å²) in [6, 6.07) is 4.44. The van der Waals surface area contributed by atoms with Gasteiger partial charge < -0.3 is 14.7 Å². The lowest BCUT2D eigenvalue weighted by Crippen LogP contribution is -2.20. The Morgan fingerprint density at radius 1 is 1.50 bits per heavy atom. The first-order valence-corrected chi connectivity index (χ1v) is 6.40.